The second-order valence-corrected chi connectivity index (χ2v) is 5.63. The molecule has 0 aromatic carbocycles. The molecule has 1 saturated heterocycles. The van der Waals surface area contributed by atoms with Crippen molar-refractivity contribution in [2.24, 2.45) is 11.8 Å². The number of likely N-dealkylation sites (tertiary alicyclic amines) is 1. The van der Waals surface area contributed by atoms with Gasteiger partial charge in [-0.3, -0.25) is 4.79 Å². The van der Waals surface area contributed by atoms with Crippen molar-refractivity contribution >= 4 is 5.91 Å². The number of nitrogens with one attached hydrogen (secondary N) is 1. The van der Waals surface area contributed by atoms with Crippen LogP contribution in [0, 0.1) is 11.8 Å². The van der Waals surface area contributed by atoms with Crippen molar-refractivity contribution in [3.8, 4) is 0 Å². The zero-order valence-electron chi connectivity index (χ0n) is 12.4. The van der Waals surface area contributed by atoms with Crippen LogP contribution in [0.25, 0.3) is 0 Å². The van der Waals surface area contributed by atoms with Crippen molar-refractivity contribution in [1.82, 2.24) is 15.1 Å². The molecule has 1 rings (SSSR count). The number of rotatable bonds is 6. The highest BCUT2D eigenvalue weighted by atomic mass is 16.2. The van der Waals surface area contributed by atoms with Crippen LogP contribution in [0.1, 0.15) is 26.2 Å². The van der Waals surface area contributed by atoms with E-state index in [1.54, 1.807) is 0 Å². The number of amides is 1. The van der Waals surface area contributed by atoms with Gasteiger partial charge < -0.3 is 15.1 Å². The molecule has 1 aliphatic heterocycles. The summed E-state index contributed by atoms with van der Waals surface area (Å²) in [5, 5.41) is 3.11. The maximum Gasteiger partial charge on any atom is 0.226 e. The fourth-order valence-electron chi connectivity index (χ4n) is 2.69. The molecule has 4 nitrogen and oxygen atoms in total. The first-order valence-corrected chi connectivity index (χ1v) is 7.16. The monoisotopic (exact) mass is 255 g/mol. The third kappa shape index (κ3) is 4.58. The second kappa shape index (κ2) is 7.74. The van der Waals surface area contributed by atoms with E-state index >= 15 is 0 Å². The molecule has 0 aromatic heterocycles. The summed E-state index contributed by atoms with van der Waals surface area (Å²) in [6.45, 7) is 6.13. The Morgan fingerprint density at radius 2 is 2.06 bits per heavy atom. The Bertz CT molecular complexity index is 249. The molecule has 0 spiro atoms. The number of nitrogens with zero attached hydrogens (tertiary/aromatic N) is 2. The molecule has 0 aromatic rings. The molecule has 106 valence electrons. The summed E-state index contributed by atoms with van der Waals surface area (Å²) >= 11 is 0. The van der Waals surface area contributed by atoms with Crippen LogP contribution in [0.5, 0.6) is 0 Å². The average molecular weight is 255 g/mol. The van der Waals surface area contributed by atoms with E-state index in [0.717, 1.165) is 19.5 Å². The molecule has 0 aliphatic carbocycles. The summed E-state index contributed by atoms with van der Waals surface area (Å²) in [6, 6.07) is 0. The number of hydrogen-bond acceptors (Lipinski definition) is 3. The van der Waals surface area contributed by atoms with Gasteiger partial charge in [0.25, 0.3) is 0 Å². The van der Waals surface area contributed by atoms with E-state index in [2.05, 4.69) is 24.2 Å². The van der Waals surface area contributed by atoms with Gasteiger partial charge in [0.2, 0.25) is 5.91 Å². The zero-order valence-corrected chi connectivity index (χ0v) is 12.4. The summed E-state index contributed by atoms with van der Waals surface area (Å²) in [6.07, 6.45) is 3.35. The smallest absolute Gasteiger partial charge is 0.226 e. The Balaban J connectivity index is 2.39. The Morgan fingerprint density at radius 3 is 2.56 bits per heavy atom. The van der Waals surface area contributed by atoms with Gasteiger partial charge >= 0.3 is 0 Å². The van der Waals surface area contributed by atoms with Crippen molar-refractivity contribution in [1.29, 1.82) is 0 Å². The zero-order chi connectivity index (χ0) is 13.5. The lowest BCUT2D eigenvalue weighted by Gasteiger charge is -2.32. The van der Waals surface area contributed by atoms with Gasteiger partial charge in [0.15, 0.2) is 0 Å². The van der Waals surface area contributed by atoms with Crippen LogP contribution in [0.4, 0.5) is 0 Å². The summed E-state index contributed by atoms with van der Waals surface area (Å²) in [7, 11) is 6.04. The summed E-state index contributed by atoms with van der Waals surface area (Å²) in [4.78, 5) is 16.6. The van der Waals surface area contributed by atoms with Gasteiger partial charge in [-0.15, -0.1) is 0 Å². The predicted molar refractivity (Wildman–Crippen MR) is 75.6 cm³/mol. The van der Waals surface area contributed by atoms with Crippen LogP contribution in [0.3, 0.4) is 0 Å². The van der Waals surface area contributed by atoms with E-state index in [4.69, 9.17) is 0 Å². The SMILES string of the molecule is CCC(CNC)C(=O)N(C)CC1CCN(C)CC1. The molecule has 18 heavy (non-hydrogen) atoms. The van der Waals surface area contributed by atoms with Gasteiger partial charge in [0, 0.05) is 20.1 Å². The van der Waals surface area contributed by atoms with Gasteiger partial charge in [-0.2, -0.15) is 0 Å². The van der Waals surface area contributed by atoms with E-state index < -0.39 is 0 Å². The van der Waals surface area contributed by atoms with E-state index in [1.807, 2.05) is 19.0 Å². The fourth-order valence-corrected chi connectivity index (χ4v) is 2.69. The number of hydrogen-bond donors (Lipinski definition) is 1. The lowest BCUT2D eigenvalue weighted by Crippen LogP contribution is -2.42. The third-order valence-electron chi connectivity index (χ3n) is 4.04. The fraction of sp³-hybridized carbons (Fsp3) is 0.929. The molecule has 1 amide bonds. The molecule has 1 fully saturated rings. The maximum atomic E-state index is 12.3. The quantitative estimate of drug-likeness (QED) is 0.770. The Labute approximate surface area is 112 Å². The highest BCUT2D eigenvalue weighted by molar-refractivity contribution is 5.78. The van der Waals surface area contributed by atoms with Gasteiger partial charge in [-0.25, -0.2) is 0 Å². The molecular formula is C14H29N3O. The van der Waals surface area contributed by atoms with Crippen molar-refractivity contribution in [2.75, 3.05) is 47.3 Å². The Hall–Kier alpha value is -0.610. The highest BCUT2D eigenvalue weighted by Gasteiger charge is 2.23. The molecule has 1 atom stereocenters. The Morgan fingerprint density at radius 1 is 1.44 bits per heavy atom. The molecule has 0 radical (unpaired) electrons. The molecule has 1 unspecified atom stereocenters. The van der Waals surface area contributed by atoms with Gasteiger partial charge in [0.05, 0.1) is 5.92 Å². The number of carbonyl (C=O) groups excluding carboxylic acids is 1. The van der Waals surface area contributed by atoms with Crippen LogP contribution >= 0.6 is 0 Å². The van der Waals surface area contributed by atoms with E-state index in [9.17, 15) is 4.79 Å². The second-order valence-electron chi connectivity index (χ2n) is 5.63. The molecule has 1 aliphatic rings. The first kappa shape index (κ1) is 15.4. The highest BCUT2D eigenvalue weighted by Crippen LogP contribution is 2.18. The Kier molecular flexibility index (Phi) is 6.65. The minimum Gasteiger partial charge on any atom is -0.345 e. The summed E-state index contributed by atoms with van der Waals surface area (Å²) in [5.74, 6) is 1.11. The van der Waals surface area contributed by atoms with Gasteiger partial charge in [-0.05, 0) is 52.4 Å². The van der Waals surface area contributed by atoms with Crippen molar-refractivity contribution in [2.45, 2.75) is 26.2 Å². The van der Waals surface area contributed by atoms with Crippen molar-refractivity contribution in [3.63, 3.8) is 0 Å². The predicted octanol–water partition coefficient (Wildman–Crippen LogP) is 1.03. The molecule has 4 heteroatoms. The minimum atomic E-state index is 0.131. The lowest BCUT2D eigenvalue weighted by atomic mass is 9.96. The number of carbonyl (C=O) groups is 1. The van der Waals surface area contributed by atoms with Crippen molar-refractivity contribution in [3.05, 3.63) is 0 Å². The van der Waals surface area contributed by atoms with Crippen molar-refractivity contribution < 1.29 is 4.79 Å². The molecular weight excluding hydrogens is 226 g/mol. The van der Waals surface area contributed by atoms with Crippen LogP contribution in [0.2, 0.25) is 0 Å². The van der Waals surface area contributed by atoms with E-state index in [0.29, 0.717) is 11.8 Å². The first-order valence-electron chi connectivity index (χ1n) is 7.16. The van der Waals surface area contributed by atoms with Crippen LogP contribution in [-0.2, 0) is 4.79 Å². The molecule has 1 N–H and O–H groups in total. The normalized spacial score (nSPS) is 19.8. The largest absolute Gasteiger partial charge is 0.345 e. The van der Waals surface area contributed by atoms with Crippen LogP contribution < -0.4 is 5.32 Å². The number of piperidine rings is 1. The average Bonchev–Trinajstić information content (AvgIpc) is 2.37. The summed E-state index contributed by atoms with van der Waals surface area (Å²) < 4.78 is 0. The maximum absolute atomic E-state index is 12.3. The molecule has 0 saturated carbocycles. The topological polar surface area (TPSA) is 35.6 Å². The third-order valence-corrected chi connectivity index (χ3v) is 4.04. The van der Waals surface area contributed by atoms with Gasteiger partial charge in [0.1, 0.15) is 0 Å². The first-order chi connectivity index (χ1) is 8.58. The molecule has 1 heterocycles. The van der Waals surface area contributed by atoms with Crippen LogP contribution in [0.15, 0.2) is 0 Å². The lowest BCUT2D eigenvalue weighted by molar-refractivity contribution is -0.134. The van der Waals surface area contributed by atoms with Crippen LogP contribution in [-0.4, -0.2) is 63.0 Å². The minimum absolute atomic E-state index is 0.131. The van der Waals surface area contributed by atoms with E-state index in [1.165, 1.54) is 25.9 Å². The van der Waals surface area contributed by atoms with Gasteiger partial charge in [-0.1, -0.05) is 6.92 Å². The summed E-state index contributed by atoms with van der Waals surface area (Å²) in [5.41, 5.74) is 0. The molecule has 0 bridgehead atoms. The standard InChI is InChI=1S/C14H29N3O/c1-5-13(10-15-2)14(18)17(4)11-12-6-8-16(3)9-7-12/h12-13,15H,5-11H2,1-4H3. The van der Waals surface area contributed by atoms with E-state index in [-0.39, 0.29) is 5.92 Å².